The fourth-order valence-corrected chi connectivity index (χ4v) is 4.54. The van der Waals surface area contributed by atoms with Crippen LogP contribution in [0.5, 0.6) is 0 Å². The number of benzene rings is 2. The summed E-state index contributed by atoms with van der Waals surface area (Å²) in [6.45, 7) is 0.872. The van der Waals surface area contributed by atoms with Gasteiger partial charge in [0, 0.05) is 13.1 Å². The van der Waals surface area contributed by atoms with Gasteiger partial charge >= 0.3 is 6.18 Å². The summed E-state index contributed by atoms with van der Waals surface area (Å²) in [7, 11) is 0. The molecular formula is C20H17F3N2OS. The Bertz CT molecular complexity index is 942. The van der Waals surface area contributed by atoms with E-state index in [0.717, 1.165) is 16.3 Å². The van der Waals surface area contributed by atoms with Crippen LogP contribution in [0.25, 0.3) is 10.2 Å². The van der Waals surface area contributed by atoms with Gasteiger partial charge in [0.15, 0.2) is 5.01 Å². The van der Waals surface area contributed by atoms with E-state index in [-0.39, 0.29) is 11.8 Å². The summed E-state index contributed by atoms with van der Waals surface area (Å²) in [5.41, 5.74) is 0.554. The molecule has 0 N–H and O–H groups in total. The fraction of sp³-hybridized carbons (Fsp3) is 0.300. The lowest BCUT2D eigenvalue weighted by Gasteiger charge is -2.32. The zero-order chi connectivity index (χ0) is 19.0. The first-order valence-corrected chi connectivity index (χ1v) is 9.56. The van der Waals surface area contributed by atoms with Crippen LogP contribution in [0.1, 0.15) is 39.7 Å². The summed E-state index contributed by atoms with van der Waals surface area (Å²) in [6.07, 6.45) is -3.32. The number of carbonyl (C=O) groups is 1. The summed E-state index contributed by atoms with van der Waals surface area (Å²) in [6, 6.07) is 13.3. The Kier molecular flexibility index (Phi) is 4.63. The molecule has 1 aliphatic rings. The van der Waals surface area contributed by atoms with Gasteiger partial charge < -0.3 is 4.90 Å². The lowest BCUT2D eigenvalue weighted by molar-refractivity contribution is -0.138. The molecular weight excluding hydrogens is 373 g/mol. The predicted octanol–water partition coefficient (Wildman–Crippen LogP) is 5.33. The highest BCUT2D eigenvalue weighted by Crippen LogP contribution is 2.38. The number of para-hydroxylation sites is 1. The third-order valence-corrected chi connectivity index (χ3v) is 5.99. The van der Waals surface area contributed by atoms with Crippen molar-refractivity contribution in [2.75, 3.05) is 13.1 Å². The quantitative estimate of drug-likeness (QED) is 0.592. The van der Waals surface area contributed by atoms with Gasteiger partial charge in [0.1, 0.15) is 0 Å². The second kappa shape index (κ2) is 6.96. The molecule has 2 aromatic carbocycles. The number of piperidine rings is 1. The van der Waals surface area contributed by atoms with Crippen LogP contribution in [0.4, 0.5) is 13.2 Å². The molecule has 3 aromatic rings. The highest BCUT2D eigenvalue weighted by Gasteiger charge is 2.36. The largest absolute Gasteiger partial charge is 0.416 e. The van der Waals surface area contributed by atoms with Crippen molar-refractivity contribution in [3.05, 3.63) is 64.7 Å². The molecule has 27 heavy (non-hydrogen) atoms. The van der Waals surface area contributed by atoms with Crippen LogP contribution in [0.2, 0.25) is 0 Å². The molecule has 0 unspecified atom stereocenters. The maximum Gasteiger partial charge on any atom is 0.416 e. The van der Waals surface area contributed by atoms with E-state index in [1.165, 1.54) is 17.4 Å². The van der Waals surface area contributed by atoms with Gasteiger partial charge in [-0.2, -0.15) is 13.2 Å². The Morgan fingerprint density at radius 3 is 2.41 bits per heavy atom. The Morgan fingerprint density at radius 2 is 1.70 bits per heavy atom. The smallest absolute Gasteiger partial charge is 0.337 e. The van der Waals surface area contributed by atoms with E-state index in [1.807, 2.05) is 24.3 Å². The number of carbonyl (C=O) groups excluding carboxylic acids is 1. The van der Waals surface area contributed by atoms with Crippen LogP contribution in [0.15, 0.2) is 48.5 Å². The number of nitrogens with zero attached hydrogens (tertiary/aromatic N) is 2. The minimum atomic E-state index is -4.36. The maximum absolute atomic E-state index is 13.3. The van der Waals surface area contributed by atoms with Crippen molar-refractivity contribution >= 4 is 27.5 Å². The van der Waals surface area contributed by atoms with Crippen LogP contribution in [0, 0.1) is 0 Å². The third kappa shape index (κ3) is 3.56. The van der Waals surface area contributed by atoms with Crippen molar-refractivity contribution in [1.82, 2.24) is 9.88 Å². The SMILES string of the molecule is O=C(c1nc2ccccc2s1)N1CCC(c2ccccc2C(F)(F)F)CC1. The molecule has 0 saturated carbocycles. The highest BCUT2D eigenvalue weighted by molar-refractivity contribution is 7.20. The number of amides is 1. The minimum Gasteiger partial charge on any atom is -0.337 e. The first kappa shape index (κ1) is 18.0. The van der Waals surface area contributed by atoms with Gasteiger partial charge in [-0.05, 0) is 42.5 Å². The molecule has 1 aromatic heterocycles. The van der Waals surface area contributed by atoms with Gasteiger partial charge in [0.2, 0.25) is 0 Å². The van der Waals surface area contributed by atoms with E-state index < -0.39 is 11.7 Å². The van der Waals surface area contributed by atoms with Crippen molar-refractivity contribution in [1.29, 1.82) is 0 Å². The monoisotopic (exact) mass is 390 g/mol. The molecule has 0 aliphatic carbocycles. The number of hydrogen-bond acceptors (Lipinski definition) is 3. The highest BCUT2D eigenvalue weighted by atomic mass is 32.1. The Labute approximate surface area is 158 Å². The van der Waals surface area contributed by atoms with Crippen LogP contribution in [-0.4, -0.2) is 28.9 Å². The number of hydrogen-bond donors (Lipinski definition) is 0. The van der Waals surface area contributed by atoms with Crippen LogP contribution >= 0.6 is 11.3 Å². The topological polar surface area (TPSA) is 33.2 Å². The zero-order valence-corrected chi connectivity index (χ0v) is 15.2. The molecule has 140 valence electrons. The molecule has 2 heterocycles. The number of aromatic nitrogens is 1. The van der Waals surface area contributed by atoms with E-state index in [1.54, 1.807) is 17.0 Å². The van der Waals surface area contributed by atoms with E-state index in [0.29, 0.717) is 36.5 Å². The van der Waals surface area contributed by atoms with Crippen molar-refractivity contribution in [3.8, 4) is 0 Å². The normalized spacial score (nSPS) is 16.0. The third-order valence-electron chi connectivity index (χ3n) is 4.97. The Balaban J connectivity index is 1.49. The second-order valence-electron chi connectivity index (χ2n) is 6.64. The summed E-state index contributed by atoms with van der Waals surface area (Å²) < 4.78 is 40.7. The van der Waals surface area contributed by atoms with Gasteiger partial charge in [0.25, 0.3) is 5.91 Å². The molecule has 7 heteroatoms. The summed E-state index contributed by atoms with van der Waals surface area (Å²) in [5, 5.41) is 0.436. The number of halogens is 3. The molecule has 0 bridgehead atoms. The summed E-state index contributed by atoms with van der Waals surface area (Å²) in [4.78, 5) is 18.8. The van der Waals surface area contributed by atoms with Crippen LogP contribution in [-0.2, 0) is 6.18 Å². The van der Waals surface area contributed by atoms with Gasteiger partial charge in [0.05, 0.1) is 15.8 Å². The first-order chi connectivity index (χ1) is 12.9. The van der Waals surface area contributed by atoms with Gasteiger partial charge in [-0.15, -0.1) is 11.3 Å². The zero-order valence-electron chi connectivity index (χ0n) is 14.4. The van der Waals surface area contributed by atoms with Crippen molar-refractivity contribution in [2.24, 2.45) is 0 Å². The van der Waals surface area contributed by atoms with E-state index in [4.69, 9.17) is 0 Å². The number of fused-ring (bicyclic) bond motifs is 1. The summed E-state index contributed by atoms with van der Waals surface area (Å²) in [5.74, 6) is -0.332. The van der Waals surface area contributed by atoms with Crippen LogP contribution in [0.3, 0.4) is 0 Å². The second-order valence-corrected chi connectivity index (χ2v) is 7.67. The number of alkyl halides is 3. The van der Waals surface area contributed by atoms with Crippen molar-refractivity contribution < 1.29 is 18.0 Å². The molecule has 4 rings (SSSR count). The van der Waals surface area contributed by atoms with Gasteiger partial charge in [-0.3, -0.25) is 4.79 Å². The molecule has 0 atom stereocenters. The maximum atomic E-state index is 13.3. The van der Waals surface area contributed by atoms with Crippen molar-refractivity contribution in [3.63, 3.8) is 0 Å². The molecule has 0 spiro atoms. The lowest BCUT2D eigenvalue weighted by Crippen LogP contribution is -2.38. The lowest BCUT2D eigenvalue weighted by atomic mass is 9.86. The predicted molar refractivity (Wildman–Crippen MR) is 98.9 cm³/mol. The van der Waals surface area contributed by atoms with E-state index in [2.05, 4.69) is 4.98 Å². The molecule has 1 saturated heterocycles. The average Bonchev–Trinajstić information content (AvgIpc) is 3.11. The molecule has 1 amide bonds. The number of likely N-dealkylation sites (tertiary alicyclic amines) is 1. The Hall–Kier alpha value is -2.41. The fourth-order valence-electron chi connectivity index (χ4n) is 3.60. The van der Waals surface area contributed by atoms with E-state index in [9.17, 15) is 18.0 Å². The van der Waals surface area contributed by atoms with Gasteiger partial charge in [-0.25, -0.2) is 4.98 Å². The summed E-state index contributed by atoms with van der Waals surface area (Å²) >= 11 is 1.35. The molecule has 3 nitrogen and oxygen atoms in total. The first-order valence-electron chi connectivity index (χ1n) is 8.74. The molecule has 1 fully saturated rings. The number of thiazole rings is 1. The van der Waals surface area contributed by atoms with Crippen LogP contribution < -0.4 is 0 Å². The molecule has 0 radical (unpaired) electrons. The van der Waals surface area contributed by atoms with E-state index >= 15 is 0 Å². The van der Waals surface area contributed by atoms with Crippen molar-refractivity contribution in [2.45, 2.75) is 24.9 Å². The van der Waals surface area contributed by atoms with Gasteiger partial charge in [-0.1, -0.05) is 30.3 Å². The Morgan fingerprint density at radius 1 is 1.04 bits per heavy atom. The standard InChI is InChI=1S/C20H17F3N2OS/c21-20(22,23)15-6-2-1-5-14(15)13-9-11-25(12-10-13)19(26)18-24-16-7-3-4-8-17(16)27-18/h1-8,13H,9-12H2. The number of rotatable bonds is 2. The average molecular weight is 390 g/mol. The molecule has 1 aliphatic heterocycles. The minimum absolute atomic E-state index is 0.140.